The van der Waals surface area contributed by atoms with Crippen LogP contribution < -0.4 is 11.3 Å². The predicted molar refractivity (Wildman–Crippen MR) is 56.4 cm³/mol. The molecule has 1 unspecified atom stereocenters. The first kappa shape index (κ1) is 12.4. The van der Waals surface area contributed by atoms with E-state index in [9.17, 15) is 8.78 Å². The molecule has 0 heterocycles. The van der Waals surface area contributed by atoms with Gasteiger partial charge in [-0.25, -0.2) is 8.78 Å². The van der Waals surface area contributed by atoms with E-state index in [0.29, 0.717) is 17.9 Å². The number of nitrogens with two attached hydrogens (primary N) is 1. The van der Waals surface area contributed by atoms with Crippen LogP contribution in [0.25, 0.3) is 0 Å². The van der Waals surface area contributed by atoms with Crippen molar-refractivity contribution < 1.29 is 8.78 Å². The second kappa shape index (κ2) is 6.00. The van der Waals surface area contributed by atoms with E-state index < -0.39 is 11.6 Å². The van der Waals surface area contributed by atoms with Crippen LogP contribution in [0.3, 0.4) is 0 Å². The number of rotatable bonds is 5. The van der Waals surface area contributed by atoms with Crippen molar-refractivity contribution in [2.24, 2.45) is 5.84 Å². The van der Waals surface area contributed by atoms with Gasteiger partial charge in [0.1, 0.15) is 0 Å². The number of benzene rings is 1. The highest BCUT2D eigenvalue weighted by Crippen LogP contribution is 2.20. The summed E-state index contributed by atoms with van der Waals surface area (Å²) < 4.78 is 25.6. The zero-order valence-electron chi connectivity index (χ0n) is 8.14. The lowest BCUT2D eigenvalue weighted by Gasteiger charge is -2.15. The standard InChI is InChI=1S/C10H13ClF2N2/c11-5-1-2-10(15-14)7-3-4-8(12)9(13)6-7/h3-4,6,10,15H,1-2,5,14H2. The summed E-state index contributed by atoms with van der Waals surface area (Å²) in [4.78, 5) is 0. The third kappa shape index (κ3) is 3.41. The smallest absolute Gasteiger partial charge is 0.159 e. The van der Waals surface area contributed by atoms with E-state index in [1.54, 1.807) is 0 Å². The molecule has 5 heteroatoms. The Morgan fingerprint density at radius 1 is 1.33 bits per heavy atom. The second-order valence-corrected chi connectivity index (χ2v) is 3.60. The quantitative estimate of drug-likeness (QED) is 0.467. The van der Waals surface area contributed by atoms with E-state index in [1.165, 1.54) is 6.07 Å². The minimum atomic E-state index is -0.862. The second-order valence-electron chi connectivity index (χ2n) is 3.22. The molecule has 1 aromatic carbocycles. The third-order valence-electron chi connectivity index (χ3n) is 2.17. The Bertz CT molecular complexity index is 320. The van der Waals surface area contributed by atoms with Crippen LogP contribution in [0.1, 0.15) is 24.4 Å². The van der Waals surface area contributed by atoms with E-state index >= 15 is 0 Å². The highest BCUT2D eigenvalue weighted by Gasteiger charge is 2.11. The molecule has 2 nitrogen and oxygen atoms in total. The molecule has 1 rings (SSSR count). The maximum absolute atomic E-state index is 12.9. The number of hydrazine groups is 1. The summed E-state index contributed by atoms with van der Waals surface area (Å²) in [5.74, 6) is 4.12. The Morgan fingerprint density at radius 3 is 2.60 bits per heavy atom. The van der Waals surface area contributed by atoms with Gasteiger partial charge in [-0.2, -0.15) is 0 Å². The van der Waals surface area contributed by atoms with Crippen LogP contribution in [0.5, 0.6) is 0 Å². The van der Waals surface area contributed by atoms with Crippen molar-refractivity contribution in [1.29, 1.82) is 0 Å². The molecule has 0 spiro atoms. The van der Waals surface area contributed by atoms with Gasteiger partial charge >= 0.3 is 0 Å². The molecule has 0 saturated heterocycles. The van der Waals surface area contributed by atoms with Crippen molar-refractivity contribution >= 4 is 11.6 Å². The Morgan fingerprint density at radius 2 is 2.07 bits per heavy atom. The Kier molecular flexibility index (Phi) is 4.94. The van der Waals surface area contributed by atoms with E-state index in [4.69, 9.17) is 17.4 Å². The summed E-state index contributed by atoms with van der Waals surface area (Å²) in [5, 5.41) is 0. The zero-order valence-corrected chi connectivity index (χ0v) is 8.90. The van der Waals surface area contributed by atoms with Gasteiger partial charge < -0.3 is 0 Å². The number of hydrogen-bond acceptors (Lipinski definition) is 2. The molecule has 0 radical (unpaired) electrons. The van der Waals surface area contributed by atoms with Gasteiger partial charge in [-0.1, -0.05) is 6.07 Å². The highest BCUT2D eigenvalue weighted by atomic mass is 35.5. The van der Waals surface area contributed by atoms with Crippen LogP contribution in [0.2, 0.25) is 0 Å². The molecule has 0 fully saturated rings. The molecule has 0 aromatic heterocycles. The van der Waals surface area contributed by atoms with Crippen molar-refractivity contribution in [3.05, 3.63) is 35.4 Å². The summed E-state index contributed by atoms with van der Waals surface area (Å²) in [7, 11) is 0. The maximum atomic E-state index is 12.9. The average molecular weight is 235 g/mol. The van der Waals surface area contributed by atoms with E-state index in [1.807, 2.05) is 0 Å². The van der Waals surface area contributed by atoms with Crippen LogP contribution in [0, 0.1) is 11.6 Å². The van der Waals surface area contributed by atoms with E-state index in [0.717, 1.165) is 18.6 Å². The van der Waals surface area contributed by atoms with Crippen molar-refractivity contribution in [3.8, 4) is 0 Å². The van der Waals surface area contributed by atoms with Gasteiger partial charge in [-0.05, 0) is 30.5 Å². The first-order valence-electron chi connectivity index (χ1n) is 4.66. The normalized spacial score (nSPS) is 12.8. The SMILES string of the molecule is NNC(CCCCl)c1ccc(F)c(F)c1. The van der Waals surface area contributed by atoms with Gasteiger partial charge in [0.05, 0.1) is 0 Å². The zero-order chi connectivity index (χ0) is 11.3. The van der Waals surface area contributed by atoms with Crippen molar-refractivity contribution in [2.75, 3.05) is 5.88 Å². The molecular weight excluding hydrogens is 222 g/mol. The van der Waals surface area contributed by atoms with Gasteiger partial charge in [0.25, 0.3) is 0 Å². The molecule has 0 aliphatic carbocycles. The molecule has 3 N–H and O–H groups in total. The fourth-order valence-electron chi connectivity index (χ4n) is 1.36. The monoisotopic (exact) mass is 234 g/mol. The topological polar surface area (TPSA) is 38.0 Å². The molecule has 15 heavy (non-hydrogen) atoms. The van der Waals surface area contributed by atoms with Crippen molar-refractivity contribution in [1.82, 2.24) is 5.43 Å². The average Bonchev–Trinajstić information content (AvgIpc) is 2.24. The number of alkyl halides is 1. The molecule has 0 aliphatic rings. The van der Waals surface area contributed by atoms with Gasteiger partial charge in [0.15, 0.2) is 11.6 Å². The molecule has 0 saturated carbocycles. The lowest BCUT2D eigenvalue weighted by Crippen LogP contribution is -2.28. The van der Waals surface area contributed by atoms with Gasteiger partial charge in [0.2, 0.25) is 0 Å². The third-order valence-corrected chi connectivity index (χ3v) is 2.44. The Hall–Kier alpha value is -0.710. The number of hydrogen-bond donors (Lipinski definition) is 2. The van der Waals surface area contributed by atoms with Crippen LogP contribution in [-0.4, -0.2) is 5.88 Å². The lowest BCUT2D eigenvalue weighted by atomic mass is 10.0. The van der Waals surface area contributed by atoms with Gasteiger partial charge in [-0.3, -0.25) is 11.3 Å². The van der Waals surface area contributed by atoms with Gasteiger partial charge in [-0.15, -0.1) is 11.6 Å². The first-order chi connectivity index (χ1) is 7.19. The fraction of sp³-hybridized carbons (Fsp3) is 0.400. The first-order valence-corrected chi connectivity index (χ1v) is 5.19. The lowest BCUT2D eigenvalue weighted by molar-refractivity contribution is 0.486. The Labute approximate surface area is 92.4 Å². The van der Waals surface area contributed by atoms with Crippen LogP contribution in [0.4, 0.5) is 8.78 Å². The molecule has 84 valence electrons. The minimum absolute atomic E-state index is 0.196. The fourth-order valence-corrected chi connectivity index (χ4v) is 1.51. The molecular formula is C10H13ClF2N2. The molecule has 0 bridgehead atoms. The maximum Gasteiger partial charge on any atom is 0.159 e. The molecule has 0 aliphatic heterocycles. The van der Waals surface area contributed by atoms with Crippen LogP contribution in [0.15, 0.2) is 18.2 Å². The predicted octanol–water partition coefficient (Wildman–Crippen LogP) is 2.49. The summed E-state index contributed by atoms with van der Waals surface area (Å²) in [6.45, 7) is 0. The van der Waals surface area contributed by atoms with Gasteiger partial charge in [0, 0.05) is 11.9 Å². The van der Waals surface area contributed by atoms with Crippen molar-refractivity contribution in [3.63, 3.8) is 0 Å². The molecule has 0 amide bonds. The number of nitrogens with one attached hydrogen (secondary N) is 1. The summed E-state index contributed by atoms with van der Waals surface area (Å²) >= 11 is 5.54. The van der Waals surface area contributed by atoms with E-state index in [-0.39, 0.29) is 6.04 Å². The molecule has 1 aromatic rings. The summed E-state index contributed by atoms with van der Waals surface area (Å²) in [6, 6.07) is 3.56. The largest absolute Gasteiger partial charge is 0.271 e. The van der Waals surface area contributed by atoms with Crippen molar-refractivity contribution in [2.45, 2.75) is 18.9 Å². The molecule has 1 atom stereocenters. The highest BCUT2D eigenvalue weighted by molar-refractivity contribution is 6.17. The minimum Gasteiger partial charge on any atom is -0.271 e. The Balaban J connectivity index is 2.78. The van der Waals surface area contributed by atoms with Crippen LogP contribution in [-0.2, 0) is 0 Å². The summed E-state index contributed by atoms with van der Waals surface area (Å²) in [5.41, 5.74) is 3.18. The van der Waals surface area contributed by atoms with Crippen LogP contribution >= 0.6 is 11.6 Å². The van der Waals surface area contributed by atoms with E-state index in [2.05, 4.69) is 5.43 Å². The number of halogens is 3. The summed E-state index contributed by atoms with van der Waals surface area (Å²) in [6.07, 6.45) is 1.44.